The number of aromatic nitrogens is 4. The van der Waals surface area contributed by atoms with Crippen molar-refractivity contribution in [1.29, 1.82) is 0 Å². The molecule has 6 rings (SSSR count). The summed E-state index contributed by atoms with van der Waals surface area (Å²) < 4.78 is 0. The van der Waals surface area contributed by atoms with Crippen molar-refractivity contribution in [3.8, 4) is 17.0 Å². The van der Waals surface area contributed by atoms with Gasteiger partial charge in [-0.1, -0.05) is 31.4 Å². The second-order valence-corrected chi connectivity index (χ2v) is 13.4. The van der Waals surface area contributed by atoms with Gasteiger partial charge < -0.3 is 30.9 Å². The van der Waals surface area contributed by atoms with Gasteiger partial charge in [0.25, 0.3) is 0 Å². The standard InChI is InChI=1S/C37H47N11O3/c1-5-9-24(2)47(31-15-16-34(50)42-36(31)51)25(3)41-23-45(4)17-8-10-26-19-39-37(40-20-26)48-27-13-14-28(48)22-46(21-27)32-18-30(43-44-35(32)38)29-11-6-7-12-33(29)49/h5-7,9,11-12,18-20,27-28,31,41,49H,2-3,8,10,13-17,21-23H2,1,4H3,(H2,38,44)(H,42,50,51)/b9-5-. The number of nitrogens with two attached hydrogens (primary N) is 1. The van der Waals surface area contributed by atoms with Crippen LogP contribution in [0.2, 0.25) is 0 Å². The Hall–Kier alpha value is -5.50. The molecule has 5 heterocycles. The molecule has 3 atom stereocenters. The summed E-state index contributed by atoms with van der Waals surface area (Å²) in [7, 11) is 2.02. The number of carbonyl (C=O) groups is 2. The molecule has 3 aliphatic heterocycles. The molecule has 3 unspecified atom stereocenters. The van der Waals surface area contributed by atoms with E-state index in [1.54, 1.807) is 17.0 Å². The first-order chi connectivity index (χ1) is 24.6. The van der Waals surface area contributed by atoms with Gasteiger partial charge in [0, 0.05) is 55.2 Å². The molecule has 3 aliphatic rings. The predicted molar refractivity (Wildman–Crippen MR) is 197 cm³/mol. The van der Waals surface area contributed by atoms with Crippen molar-refractivity contribution in [3.05, 3.63) is 85.1 Å². The number of aryl methyl sites for hydroxylation is 1. The number of carbonyl (C=O) groups excluding carboxylic acids is 2. The summed E-state index contributed by atoms with van der Waals surface area (Å²) in [6, 6.07) is 8.95. The Morgan fingerprint density at radius 2 is 1.84 bits per heavy atom. The van der Waals surface area contributed by atoms with Crippen molar-refractivity contribution in [2.45, 2.75) is 63.6 Å². The molecule has 1 aromatic carbocycles. The number of rotatable bonds is 14. The fraction of sp³-hybridized carbons (Fsp3) is 0.405. The monoisotopic (exact) mass is 693 g/mol. The lowest BCUT2D eigenvalue weighted by atomic mass is 10.0. The van der Waals surface area contributed by atoms with Crippen LogP contribution < -0.4 is 26.2 Å². The molecular weight excluding hydrogens is 646 g/mol. The van der Waals surface area contributed by atoms with E-state index in [4.69, 9.17) is 15.7 Å². The lowest BCUT2D eigenvalue weighted by Crippen LogP contribution is -2.54. The topological polar surface area (TPSA) is 169 Å². The SMILES string of the molecule is C=C(/C=C\C)N(C(=C)NCN(C)CCCc1cnc(N2C3CCC2CN(c2cc(-c4ccccc4O)nnc2N)C3)nc1)C1CCC(=O)NC1=O. The maximum Gasteiger partial charge on any atom is 0.249 e. The van der Waals surface area contributed by atoms with Gasteiger partial charge in [-0.15, -0.1) is 10.2 Å². The van der Waals surface area contributed by atoms with E-state index in [-0.39, 0.29) is 36.1 Å². The van der Waals surface area contributed by atoms with Crippen molar-refractivity contribution >= 4 is 29.3 Å². The third-order valence-electron chi connectivity index (χ3n) is 9.77. The number of anilines is 3. The number of amides is 2. The average molecular weight is 694 g/mol. The van der Waals surface area contributed by atoms with Crippen LogP contribution in [-0.2, 0) is 16.0 Å². The number of benzene rings is 1. The number of fused-ring (bicyclic) bond motifs is 2. The van der Waals surface area contributed by atoms with Crippen molar-refractivity contribution < 1.29 is 14.7 Å². The zero-order chi connectivity index (χ0) is 36.1. The highest BCUT2D eigenvalue weighted by molar-refractivity contribution is 6.00. The number of allylic oxidation sites excluding steroid dienone is 2. The number of nitrogens with zero attached hydrogens (tertiary/aromatic N) is 8. The van der Waals surface area contributed by atoms with E-state index in [2.05, 4.69) is 48.7 Å². The molecule has 268 valence electrons. The first kappa shape index (κ1) is 35.3. The minimum atomic E-state index is -0.555. The van der Waals surface area contributed by atoms with Crippen molar-refractivity contribution in [1.82, 2.24) is 40.6 Å². The normalized spacial score (nSPS) is 20.2. The lowest BCUT2D eigenvalue weighted by molar-refractivity contribution is -0.136. The van der Waals surface area contributed by atoms with E-state index in [0.29, 0.717) is 41.7 Å². The van der Waals surface area contributed by atoms with E-state index < -0.39 is 6.04 Å². The highest BCUT2D eigenvalue weighted by Gasteiger charge is 2.42. The number of aromatic hydroxyl groups is 1. The molecule has 3 saturated heterocycles. The number of imide groups is 1. The van der Waals surface area contributed by atoms with Gasteiger partial charge >= 0.3 is 0 Å². The molecule has 2 aromatic heterocycles. The van der Waals surface area contributed by atoms with Crippen molar-refractivity contribution in [3.63, 3.8) is 0 Å². The highest BCUT2D eigenvalue weighted by atomic mass is 16.3. The number of piperazine rings is 1. The van der Waals surface area contributed by atoms with Gasteiger partial charge in [-0.05, 0) is 82.5 Å². The number of para-hydroxylation sites is 1. The Bertz CT molecular complexity index is 1780. The summed E-state index contributed by atoms with van der Waals surface area (Å²) in [5, 5.41) is 24.6. The second-order valence-electron chi connectivity index (χ2n) is 13.4. The number of phenolic OH excluding ortho intramolecular Hbond substituents is 1. The van der Waals surface area contributed by atoms with Gasteiger partial charge in [0.15, 0.2) is 5.82 Å². The largest absolute Gasteiger partial charge is 0.507 e. The zero-order valence-corrected chi connectivity index (χ0v) is 29.3. The van der Waals surface area contributed by atoms with Crippen LogP contribution in [0.3, 0.4) is 0 Å². The summed E-state index contributed by atoms with van der Waals surface area (Å²) in [4.78, 5) is 42.4. The fourth-order valence-electron chi connectivity index (χ4n) is 7.21. The second kappa shape index (κ2) is 15.6. The Labute approximate surface area is 298 Å². The molecule has 0 saturated carbocycles. The third kappa shape index (κ3) is 7.96. The first-order valence-corrected chi connectivity index (χ1v) is 17.4. The van der Waals surface area contributed by atoms with E-state index >= 15 is 0 Å². The molecule has 14 nitrogen and oxygen atoms in total. The van der Waals surface area contributed by atoms with Gasteiger partial charge in [0.1, 0.15) is 17.6 Å². The molecule has 2 bridgehead atoms. The molecule has 3 fully saturated rings. The van der Waals surface area contributed by atoms with E-state index in [9.17, 15) is 14.7 Å². The summed E-state index contributed by atoms with van der Waals surface area (Å²) >= 11 is 0. The summed E-state index contributed by atoms with van der Waals surface area (Å²) in [6.07, 6.45) is 12.0. The molecule has 51 heavy (non-hydrogen) atoms. The van der Waals surface area contributed by atoms with Crippen LogP contribution >= 0.6 is 0 Å². The van der Waals surface area contributed by atoms with E-state index in [1.807, 2.05) is 56.7 Å². The van der Waals surface area contributed by atoms with Crippen LogP contribution in [-0.4, -0.2) is 98.4 Å². The zero-order valence-electron chi connectivity index (χ0n) is 29.3. The summed E-state index contributed by atoms with van der Waals surface area (Å²) in [5.41, 5.74) is 10.0. The number of hydrogen-bond donors (Lipinski definition) is 4. The van der Waals surface area contributed by atoms with Gasteiger partial charge in [-0.2, -0.15) is 0 Å². The fourth-order valence-corrected chi connectivity index (χ4v) is 7.21. The van der Waals surface area contributed by atoms with Crippen LogP contribution in [0.4, 0.5) is 17.5 Å². The highest BCUT2D eigenvalue weighted by Crippen LogP contribution is 2.38. The summed E-state index contributed by atoms with van der Waals surface area (Å²) in [6.45, 7) is 13.0. The van der Waals surface area contributed by atoms with Crippen LogP contribution in [0, 0.1) is 0 Å². The quantitative estimate of drug-likeness (QED) is 0.111. The average Bonchev–Trinajstić information content (AvgIpc) is 3.38. The molecule has 0 spiro atoms. The van der Waals surface area contributed by atoms with Gasteiger partial charge in [0.05, 0.1) is 18.1 Å². The maximum absolute atomic E-state index is 12.6. The van der Waals surface area contributed by atoms with Crippen LogP contribution in [0.5, 0.6) is 5.75 Å². The minimum absolute atomic E-state index is 0.154. The van der Waals surface area contributed by atoms with Gasteiger partial charge in [0.2, 0.25) is 17.8 Å². The van der Waals surface area contributed by atoms with Gasteiger partial charge in [-0.3, -0.25) is 19.8 Å². The molecule has 0 radical (unpaired) electrons. The number of nitrogen functional groups attached to an aromatic ring is 1. The predicted octanol–water partition coefficient (Wildman–Crippen LogP) is 3.16. The molecular formula is C37H47N11O3. The van der Waals surface area contributed by atoms with Crippen LogP contribution in [0.15, 0.2) is 79.6 Å². The van der Waals surface area contributed by atoms with E-state index in [0.717, 1.165) is 62.5 Å². The Morgan fingerprint density at radius 3 is 2.53 bits per heavy atom. The lowest BCUT2D eigenvalue weighted by Gasteiger charge is -2.42. The Morgan fingerprint density at radius 1 is 1.12 bits per heavy atom. The van der Waals surface area contributed by atoms with Crippen molar-refractivity contribution in [2.75, 3.05) is 48.9 Å². The maximum atomic E-state index is 12.6. The van der Waals surface area contributed by atoms with Crippen LogP contribution in [0.25, 0.3) is 11.3 Å². The molecule has 0 aliphatic carbocycles. The number of phenols is 1. The Kier molecular flexibility index (Phi) is 10.8. The molecule has 5 N–H and O–H groups in total. The Balaban J connectivity index is 0.995. The first-order valence-electron chi connectivity index (χ1n) is 17.4. The molecule has 3 aromatic rings. The van der Waals surface area contributed by atoms with E-state index in [1.165, 1.54) is 0 Å². The van der Waals surface area contributed by atoms with Crippen molar-refractivity contribution in [2.24, 2.45) is 0 Å². The number of piperidine rings is 1. The minimum Gasteiger partial charge on any atom is -0.507 e. The van der Waals surface area contributed by atoms with Crippen LogP contribution in [0.1, 0.15) is 44.6 Å². The smallest absolute Gasteiger partial charge is 0.249 e. The molecule has 14 heteroatoms. The van der Waals surface area contributed by atoms with Gasteiger partial charge in [-0.25, -0.2) is 9.97 Å². The third-order valence-corrected chi connectivity index (χ3v) is 9.77. The number of hydrogen-bond acceptors (Lipinski definition) is 13. The number of nitrogens with one attached hydrogen (secondary N) is 2. The summed E-state index contributed by atoms with van der Waals surface area (Å²) in [5.74, 6) is 1.23. The molecule has 2 amide bonds.